The van der Waals surface area contributed by atoms with E-state index in [0.29, 0.717) is 15.9 Å². The molecular formula is C15H16N4O4S2. The number of nitro groups is 1. The zero-order valence-electron chi connectivity index (χ0n) is 13.6. The Morgan fingerprint density at radius 1 is 1.28 bits per heavy atom. The second kappa shape index (κ2) is 8.58. The number of hydrogen-bond donors (Lipinski definition) is 2. The molecule has 0 unspecified atom stereocenters. The van der Waals surface area contributed by atoms with E-state index in [2.05, 4.69) is 15.6 Å². The first-order chi connectivity index (χ1) is 12.0. The Hall–Kier alpha value is -2.46. The largest absolute Gasteiger partial charge is 0.351 e. The lowest BCUT2D eigenvalue weighted by molar-refractivity contribution is -0.384. The van der Waals surface area contributed by atoms with Crippen molar-refractivity contribution in [3.05, 3.63) is 45.6 Å². The Bertz CT molecular complexity index is 789. The van der Waals surface area contributed by atoms with Gasteiger partial charge in [0.2, 0.25) is 0 Å². The van der Waals surface area contributed by atoms with Crippen LogP contribution in [0.3, 0.4) is 0 Å². The number of amides is 2. The van der Waals surface area contributed by atoms with Crippen LogP contribution in [0.15, 0.2) is 28.6 Å². The van der Waals surface area contributed by atoms with Crippen molar-refractivity contribution in [1.82, 2.24) is 10.3 Å². The summed E-state index contributed by atoms with van der Waals surface area (Å²) in [5.41, 5.74) is 0.321. The van der Waals surface area contributed by atoms with Gasteiger partial charge in [-0.25, -0.2) is 4.98 Å². The molecule has 0 aliphatic rings. The van der Waals surface area contributed by atoms with Gasteiger partial charge in [-0.15, -0.1) is 0 Å². The average molecular weight is 380 g/mol. The van der Waals surface area contributed by atoms with Gasteiger partial charge in [-0.3, -0.25) is 19.7 Å². The van der Waals surface area contributed by atoms with Gasteiger partial charge < -0.3 is 10.6 Å². The predicted molar refractivity (Wildman–Crippen MR) is 97.6 cm³/mol. The van der Waals surface area contributed by atoms with Gasteiger partial charge in [0.25, 0.3) is 17.5 Å². The normalized spacial score (nSPS) is 10.3. The van der Waals surface area contributed by atoms with Crippen LogP contribution in [0.2, 0.25) is 0 Å². The van der Waals surface area contributed by atoms with E-state index in [1.807, 2.05) is 13.2 Å². The number of benzene rings is 1. The summed E-state index contributed by atoms with van der Waals surface area (Å²) < 4.78 is 0.653. The molecule has 2 aromatic rings. The van der Waals surface area contributed by atoms with Gasteiger partial charge in [0.1, 0.15) is 5.00 Å². The quantitative estimate of drug-likeness (QED) is 0.433. The number of rotatable bonds is 7. The third-order valence-electron chi connectivity index (χ3n) is 3.10. The lowest BCUT2D eigenvalue weighted by Crippen LogP contribution is -2.25. The van der Waals surface area contributed by atoms with E-state index in [0.717, 1.165) is 6.42 Å². The number of nitrogens with one attached hydrogen (secondary N) is 2. The van der Waals surface area contributed by atoms with Crippen molar-refractivity contribution in [2.24, 2.45) is 0 Å². The topological polar surface area (TPSA) is 114 Å². The van der Waals surface area contributed by atoms with E-state index in [-0.39, 0.29) is 22.9 Å². The Labute approximate surface area is 152 Å². The van der Waals surface area contributed by atoms with Crippen LogP contribution in [0, 0.1) is 10.1 Å². The van der Waals surface area contributed by atoms with Gasteiger partial charge >= 0.3 is 0 Å². The van der Waals surface area contributed by atoms with Gasteiger partial charge in [-0.2, -0.15) is 0 Å². The molecule has 0 fully saturated rings. The van der Waals surface area contributed by atoms with Crippen LogP contribution >= 0.6 is 23.1 Å². The molecule has 0 saturated heterocycles. The van der Waals surface area contributed by atoms with Crippen molar-refractivity contribution in [2.45, 2.75) is 17.7 Å². The number of carbonyl (C=O) groups excluding carboxylic acids is 2. The van der Waals surface area contributed by atoms with Crippen molar-refractivity contribution >= 4 is 45.6 Å². The Balaban J connectivity index is 2.20. The fourth-order valence-corrected chi connectivity index (χ4v) is 3.31. The smallest absolute Gasteiger partial charge is 0.273 e. The van der Waals surface area contributed by atoms with Gasteiger partial charge in [0, 0.05) is 24.2 Å². The molecule has 10 heteroatoms. The summed E-state index contributed by atoms with van der Waals surface area (Å²) in [6.07, 6.45) is 2.62. The van der Waals surface area contributed by atoms with Crippen LogP contribution in [0.25, 0.3) is 0 Å². The van der Waals surface area contributed by atoms with E-state index in [4.69, 9.17) is 0 Å². The summed E-state index contributed by atoms with van der Waals surface area (Å²) in [5.74, 6) is -0.812. The summed E-state index contributed by atoms with van der Waals surface area (Å²) >= 11 is 2.58. The molecule has 0 saturated carbocycles. The summed E-state index contributed by atoms with van der Waals surface area (Å²) in [6, 6.07) is 5.23. The van der Waals surface area contributed by atoms with Crippen LogP contribution < -0.4 is 10.6 Å². The number of aromatic nitrogens is 1. The highest BCUT2D eigenvalue weighted by Gasteiger charge is 2.20. The maximum absolute atomic E-state index is 12.3. The second-order valence-corrected chi connectivity index (χ2v) is 6.93. The van der Waals surface area contributed by atoms with Crippen LogP contribution in [0.5, 0.6) is 0 Å². The molecule has 0 spiro atoms. The summed E-state index contributed by atoms with van der Waals surface area (Å²) in [4.78, 5) is 38.9. The fourth-order valence-electron chi connectivity index (χ4n) is 1.86. The zero-order valence-corrected chi connectivity index (χ0v) is 15.2. The van der Waals surface area contributed by atoms with Gasteiger partial charge in [0.05, 0.1) is 4.92 Å². The Morgan fingerprint density at radius 3 is 2.52 bits per heavy atom. The van der Waals surface area contributed by atoms with Gasteiger partial charge in [-0.05, 0) is 24.8 Å². The maximum atomic E-state index is 12.3. The van der Waals surface area contributed by atoms with Crippen molar-refractivity contribution in [2.75, 3.05) is 18.1 Å². The molecule has 0 radical (unpaired) electrons. The number of thiazole rings is 1. The SMILES string of the molecule is CCCNC(=O)c1nc(SC)sc1NC(=O)c1ccc([N+](=O)[O-])cc1. The molecule has 1 heterocycles. The minimum absolute atomic E-state index is 0.0985. The van der Waals surface area contributed by atoms with Crippen molar-refractivity contribution in [3.8, 4) is 0 Å². The van der Waals surface area contributed by atoms with Gasteiger partial charge in [-0.1, -0.05) is 30.0 Å². The molecule has 2 N–H and O–H groups in total. The highest BCUT2D eigenvalue weighted by Crippen LogP contribution is 2.31. The van der Waals surface area contributed by atoms with Gasteiger partial charge in [0.15, 0.2) is 10.0 Å². The van der Waals surface area contributed by atoms with E-state index in [1.165, 1.54) is 47.4 Å². The van der Waals surface area contributed by atoms with E-state index < -0.39 is 10.8 Å². The third kappa shape index (κ3) is 4.77. The highest BCUT2D eigenvalue weighted by molar-refractivity contribution is 8.00. The first kappa shape index (κ1) is 18.9. The summed E-state index contributed by atoms with van der Waals surface area (Å²) in [5, 5.41) is 16.4. The highest BCUT2D eigenvalue weighted by atomic mass is 32.2. The molecular weight excluding hydrogens is 364 g/mol. The monoisotopic (exact) mass is 380 g/mol. The molecule has 0 aliphatic heterocycles. The minimum atomic E-state index is -0.536. The Morgan fingerprint density at radius 2 is 1.96 bits per heavy atom. The van der Waals surface area contributed by atoms with Crippen LogP contribution in [0.1, 0.15) is 34.2 Å². The lowest BCUT2D eigenvalue weighted by Gasteiger charge is -2.05. The molecule has 0 bridgehead atoms. The molecule has 8 nitrogen and oxygen atoms in total. The first-order valence-corrected chi connectivity index (χ1v) is 9.39. The van der Waals surface area contributed by atoms with Crippen molar-refractivity contribution in [1.29, 1.82) is 0 Å². The molecule has 0 atom stereocenters. The zero-order chi connectivity index (χ0) is 18.4. The van der Waals surface area contributed by atoms with E-state index in [9.17, 15) is 19.7 Å². The standard InChI is InChI=1S/C15H16N4O4S2/c1-3-8-16-13(21)11-14(25-15(17-11)24-2)18-12(20)9-4-6-10(7-5-9)19(22)23/h4-7H,3,8H2,1-2H3,(H,16,21)(H,18,20). The number of nitrogens with zero attached hydrogens (tertiary/aromatic N) is 2. The number of anilines is 1. The average Bonchev–Trinajstić information content (AvgIpc) is 3.02. The fraction of sp³-hybridized carbons (Fsp3) is 0.267. The van der Waals surface area contributed by atoms with Crippen molar-refractivity contribution in [3.63, 3.8) is 0 Å². The molecule has 1 aromatic heterocycles. The number of thioether (sulfide) groups is 1. The number of carbonyl (C=O) groups is 2. The number of non-ortho nitro benzene ring substituents is 1. The molecule has 2 rings (SSSR count). The van der Waals surface area contributed by atoms with Crippen LogP contribution in [-0.4, -0.2) is 34.5 Å². The second-order valence-electron chi connectivity index (χ2n) is 4.88. The minimum Gasteiger partial charge on any atom is -0.351 e. The molecule has 25 heavy (non-hydrogen) atoms. The third-order valence-corrected chi connectivity index (χ3v) is 5.06. The number of hydrogen-bond acceptors (Lipinski definition) is 7. The summed E-state index contributed by atoms with van der Waals surface area (Å²) in [6.45, 7) is 2.45. The predicted octanol–water partition coefficient (Wildman–Crippen LogP) is 3.17. The lowest BCUT2D eigenvalue weighted by atomic mass is 10.2. The molecule has 132 valence electrons. The molecule has 1 aromatic carbocycles. The van der Waals surface area contributed by atoms with E-state index in [1.54, 1.807) is 0 Å². The molecule has 0 aliphatic carbocycles. The van der Waals surface area contributed by atoms with Crippen LogP contribution in [-0.2, 0) is 0 Å². The van der Waals surface area contributed by atoms with Crippen molar-refractivity contribution < 1.29 is 14.5 Å². The summed E-state index contributed by atoms with van der Waals surface area (Å²) in [7, 11) is 0. The van der Waals surface area contributed by atoms with Crippen LogP contribution in [0.4, 0.5) is 10.7 Å². The maximum Gasteiger partial charge on any atom is 0.273 e. The van der Waals surface area contributed by atoms with E-state index >= 15 is 0 Å². The Kier molecular flexibility index (Phi) is 6.48. The molecule has 2 amide bonds. The first-order valence-electron chi connectivity index (χ1n) is 7.35. The number of nitro benzene ring substituents is 1.